The number of nitrogens with zero attached hydrogens (tertiary/aromatic N) is 3. The number of likely N-dealkylation sites (tertiary alicyclic amines) is 1. The van der Waals surface area contributed by atoms with E-state index in [1.807, 2.05) is 22.9 Å². The highest BCUT2D eigenvalue weighted by molar-refractivity contribution is 7.15. The predicted octanol–water partition coefficient (Wildman–Crippen LogP) is 2.21. The van der Waals surface area contributed by atoms with Crippen molar-refractivity contribution in [1.29, 1.82) is 0 Å². The zero-order valence-corrected chi connectivity index (χ0v) is 15.2. The Morgan fingerprint density at radius 2 is 2.12 bits per heavy atom. The second-order valence-corrected chi connectivity index (χ2v) is 7.96. The van der Waals surface area contributed by atoms with E-state index in [0.717, 1.165) is 41.5 Å². The Hall–Kier alpha value is -2.03. The maximum absolute atomic E-state index is 12.1. The first-order valence-corrected chi connectivity index (χ1v) is 9.97. The van der Waals surface area contributed by atoms with Crippen LogP contribution >= 0.6 is 22.7 Å². The van der Waals surface area contributed by atoms with Gasteiger partial charge in [0, 0.05) is 43.3 Å². The van der Waals surface area contributed by atoms with Crippen molar-refractivity contribution >= 4 is 33.5 Å². The van der Waals surface area contributed by atoms with E-state index in [0.29, 0.717) is 6.54 Å². The van der Waals surface area contributed by atoms with Gasteiger partial charge in [-0.05, 0) is 24.3 Å². The van der Waals surface area contributed by atoms with Gasteiger partial charge in [-0.2, -0.15) is 0 Å². The van der Waals surface area contributed by atoms with Crippen molar-refractivity contribution in [2.45, 2.75) is 25.4 Å². The molecular weight excluding hydrogens is 356 g/mol. The molecule has 1 fully saturated rings. The molecule has 25 heavy (non-hydrogen) atoms. The topological polar surface area (TPSA) is 66.7 Å². The second kappa shape index (κ2) is 7.07. The molecule has 0 saturated carbocycles. The summed E-state index contributed by atoms with van der Waals surface area (Å²) in [6, 6.07) is 5.57. The van der Waals surface area contributed by atoms with Gasteiger partial charge in [-0.3, -0.25) is 18.9 Å². The van der Waals surface area contributed by atoms with Crippen molar-refractivity contribution in [3.05, 3.63) is 56.1 Å². The Morgan fingerprint density at radius 1 is 1.28 bits per heavy atom. The molecule has 3 aromatic heterocycles. The van der Waals surface area contributed by atoms with Crippen LogP contribution in [0.5, 0.6) is 0 Å². The number of hydrogen-bond donors (Lipinski definition) is 1. The summed E-state index contributed by atoms with van der Waals surface area (Å²) in [5.74, 6) is 0.0197. The van der Waals surface area contributed by atoms with Crippen molar-refractivity contribution in [2.75, 3.05) is 13.1 Å². The maximum atomic E-state index is 12.1. The summed E-state index contributed by atoms with van der Waals surface area (Å²) < 4.78 is 1.57. The number of piperidine rings is 1. The third kappa shape index (κ3) is 3.65. The minimum absolute atomic E-state index is 0.0197. The fourth-order valence-electron chi connectivity index (χ4n) is 3.10. The van der Waals surface area contributed by atoms with Gasteiger partial charge in [0.15, 0.2) is 4.96 Å². The van der Waals surface area contributed by atoms with Crippen LogP contribution in [0.4, 0.5) is 0 Å². The lowest BCUT2D eigenvalue weighted by Gasteiger charge is -2.32. The number of nitrogens with one attached hydrogen (secondary N) is 1. The number of fused-ring (bicyclic) bond motifs is 1. The van der Waals surface area contributed by atoms with E-state index >= 15 is 0 Å². The summed E-state index contributed by atoms with van der Waals surface area (Å²) in [5, 5.41) is 6.90. The lowest BCUT2D eigenvalue weighted by Crippen LogP contribution is -2.44. The summed E-state index contributed by atoms with van der Waals surface area (Å²) in [5.41, 5.74) is 0.785. The first kappa shape index (κ1) is 16.4. The molecule has 0 aliphatic carbocycles. The van der Waals surface area contributed by atoms with E-state index in [1.54, 1.807) is 16.7 Å². The van der Waals surface area contributed by atoms with E-state index < -0.39 is 0 Å². The number of amides is 1. The van der Waals surface area contributed by atoms with Crippen LogP contribution in [0.3, 0.4) is 0 Å². The van der Waals surface area contributed by atoms with Gasteiger partial charge in [0.1, 0.15) is 0 Å². The molecule has 1 aliphatic rings. The van der Waals surface area contributed by atoms with Crippen molar-refractivity contribution in [3.8, 4) is 0 Å². The van der Waals surface area contributed by atoms with Gasteiger partial charge in [0.25, 0.3) is 11.5 Å². The molecule has 0 atom stereocenters. The summed E-state index contributed by atoms with van der Waals surface area (Å²) in [6.45, 7) is 2.46. The molecule has 1 saturated heterocycles. The average molecular weight is 374 g/mol. The summed E-state index contributed by atoms with van der Waals surface area (Å²) in [6.07, 6.45) is 3.58. The number of hydrogen-bond acceptors (Lipinski definition) is 6. The largest absolute Gasteiger partial charge is 0.349 e. The Bertz CT molecular complexity index is 924. The van der Waals surface area contributed by atoms with Crippen LogP contribution < -0.4 is 10.9 Å². The Balaban J connectivity index is 1.34. The first-order valence-electron chi connectivity index (χ1n) is 8.21. The molecule has 3 aromatic rings. The van der Waals surface area contributed by atoms with Gasteiger partial charge in [0.2, 0.25) is 0 Å². The molecule has 4 heterocycles. The van der Waals surface area contributed by atoms with E-state index in [9.17, 15) is 9.59 Å². The van der Waals surface area contributed by atoms with Crippen molar-refractivity contribution in [3.63, 3.8) is 0 Å². The Kier molecular flexibility index (Phi) is 4.65. The minimum Gasteiger partial charge on any atom is -0.349 e. The summed E-state index contributed by atoms with van der Waals surface area (Å²) in [7, 11) is 0. The van der Waals surface area contributed by atoms with Crippen LogP contribution in [0.25, 0.3) is 4.96 Å². The number of carbonyl (C=O) groups is 1. The number of aromatic nitrogens is 2. The van der Waals surface area contributed by atoms with Crippen LogP contribution in [0.15, 0.2) is 40.0 Å². The molecule has 0 radical (unpaired) electrons. The SMILES string of the molecule is O=C(NC1CCN(Cc2cc(=O)n3ccsc3n2)CC1)c1cccs1. The molecule has 1 amide bonds. The van der Waals surface area contributed by atoms with Crippen LogP contribution in [0, 0.1) is 0 Å². The highest BCUT2D eigenvalue weighted by atomic mass is 32.1. The van der Waals surface area contributed by atoms with Crippen LogP contribution in [-0.2, 0) is 6.54 Å². The lowest BCUT2D eigenvalue weighted by molar-refractivity contribution is 0.0912. The molecule has 4 rings (SSSR count). The lowest BCUT2D eigenvalue weighted by atomic mass is 10.0. The highest BCUT2D eigenvalue weighted by Gasteiger charge is 2.22. The Morgan fingerprint density at radius 3 is 2.88 bits per heavy atom. The van der Waals surface area contributed by atoms with Crippen molar-refractivity contribution in [1.82, 2.24) is 19.6 Å². The molecule has 0 bridgehead atoms. The first-order chi connectivity index (χ1) is 12.2. The van der Waals surface area contributed by atoms with E-state index in [4.69, 9.17) is 0 Å². The second-order valence-electron chi connectivity index (χ2n) is 6.14. The van der Waals surface area contributed by atoms with Crippen LogP contribution in [0.1, 0.15) is 28.2 Å². The standard InChI is InChI=1S/C17H18N4O2S2/c22-15-10-13(19-17-21(15)7-9-25-17)11-20-5-3-12(4-6-20)18-16(23)14-2-1-8-24-14/h1-2,7-10,12H,3-6,11H2,(H,18,23). The van der Waals surface area contributed by atoms with Crippen molar-refractivity contribution < 1.29 is 4.79 Å². The zero-order valence-electron chi connectivity index (χ0n) is 13.6. The molecule has 1 aliphatic heterocycles. The van der Waals surface area contributed by atoms with Gasteiger partial charge in [-0.1, -0.05) is 6.07 Å². The predicted molar refractivity (Wildman–Crippen MR) is 99.4 cm³/mol. The summed E-state index contributed by atoms with van der Waals surface area (Å²) >= 11 is 2.93. The van der Waals surface area contributed by atoms with E-state index in [1.165, 1.54) is 22.7 Å². The minimum atomic E-state index is -0.0284. The molecule has 130 valence electrons. The average Bonchev–Trinajstić information content (AvgIpc) is 3.28. The molecule has 0 spiro atoms. The van der Waals surface area contributed by atoms with Gasteiger partial charge >= 0.3 is 0 Å². The van der Waals surface area contributed by atoms with E-state index in [2.05, 4.69) is 15.2 Å². The Labute approximate surface area is 152 Å². The van der Waals surface area contributed by atoms with Gasteiger partial charge in [-0.15, -0.1) is 22.7 Å². The molecule has 1 N–H and O–H groups in total. The van der Waals surface area contributed by atoms with Crippen LogP contribution in [-0.4, -0.2) is 39.3 Å². The maximum Gasteiger partial charge on any atom is 0.261 e. The summed E-state index contributed by atoms with van der Waals surface area (Å²) in [4.78, 5) is 32.5. The van der Waals surface area contributed by atoms with Gasteiger partial charge in [0.05, 0.1) is 10.6 Å². The quantitative estimate of drug-likeness (QED) is 0.760. The third-order valence-corrected chi connectivity index (χ3v) is 6.03. The molecule has 6 nitrogen and oxygen atoms in total. The molecule has 0 unspecified atom stereocenters. The normalized spacial score (nSPS) is 16.3. The molecular formula is C17H18N4O2S2. The number of rotatable bonds is 4. The fourth-order valence-corrected chi connectivity index (χ4v) is 4.46. The zero-order chi connectivity index (χ0) is 17.2. The monoisotopic (exact) mass is 374 g/mol. The van der Waals surface area contributed by atoms with Crippen molar-refractivity contribution in [2.24, 2.45) is 0 Å². The molecule has 0 aromatic carbocycles. The smallest absolute Gasteiger partial charge is 0.261 e. The fraction of sp³-hybridized carbons (Fsp3) is 0.353. The third-order valence-electron chi connectivity index (χ3n) is 4.41. The number of thiazole rings is 1. The molecule has 8 heteroatoms. The van der Waals surface area contributed by atoms with Gasteiger partial charge in [-0.25, -0.2) is 4.98 Å². The van der Waals surface area contributed by atoms with Crippen LogP contribution in [0.2, 0.25) is 0 Å². The van der Waals surface area contributed by atoms with E-state index in [-0.39, 0.29) is 17.5 Å². The number of carbonyl (C=O) groups excluding carboxylic acids is 1. The highest BCUT2D eigenvalue weighted by Crippen LogP contribution is 2.15. The number of thiophene rings is 1. The van der Waals surface area contributed by atoms with Gasteiger partial charge < -0.3 is 5.32 Å².